The molecular weight excluding hydrogens is 358 g/mol. The van der Waals surface area contributed by atoms with E-state index in [2.05, 4.69) is 10.3 Å². The SMILES string of the molecule is CCOc1ccc(-n2c(=O)[nH]cc(C(=O)Nc3ccccc3CC)c2=O)cc1. The molecule has 28 heavy (non-hydrogen) atoms. The van der Waals surface area contributed by atoms with Gasteiger partial charge in [-0.15, -0.1) is 0 Å². The van der Waals surface area contributed by atoms with E-state index in [1.165, 1.54) is 0 Å². The first-order chi connectivity index (χ1) is 13.5. The van der Waals surface area contributed by atoms with Gasteiger partial charge >= 0.3 is 5.69 Å². The Hall–Kier alpha value is -3.61. The molecule has 2 aromatic carbocycles. The molecule has 0 radical (unpaired) electrons. The van der Waals surface area contributed by atoms with Gasteiger partial charge in [-0.3, -0.25) is 9.59 Å². The maximum atomic E-state index is 12.8. The van der Waals surface area contributed by atoms with Crippen molar-refractivity contribution in [2.75, 3.05) is 11.9 Å². The highest BCUT2D eigenvalue weighted by molar-refractivity contribution is 6.04. The summed E-state index contributed by atoms with van der Waals surface area (Å²) in [6.45, 7) is 4.35. The lowest BCUT2D eigenvalue weighted by molar-refractivity contribution is 0.102. The quantitative estimate of drug-likeness (QED) is 0.689. The molecule has 1 amide bonds. The van der Waals surface area contributed by atoms with E-state index in [1.807, 2.05) is 26.0 Å². The summed E-state index contributed by atoms with van der Waals surface area (Å²) < 4.78 is 6.30. The third-order valence-corrected chi connectivity index (χ3v) is 4.27. The average Bonchev–Trinajstić information content (AvgIpc) is 2.70. The molecule has 0 fully saturated rings. The predicted molar refractivity (Wildman–Crippen MR) is 108 cm³/mol. The van der Waals surface area contributed by atoms with Crippen LogP contribution < -0.4 is 21.3 Å². The van der Waals surface area contributed by atoms with E-state index in [-0.39, 0.29) is 5.56 Å². The number of nitrogens with zero attached hydrogens (tertiary/aromatic N) is 1. The topological polar surface area (TPSA) is 93.2 Å². The van der Waals surface area contributed by atoms with Gasteiger partial charge in [0.1, 0.15) is 11.3 Å². The summed E-state index contributed by atoms with van der Waals surface area (Å²) in [5.74, 6) is 0.0441. The zero-order valence-corrected chi connectivity index (χ0v) is 15.7. The van der Waals surface area contributed by atoms with Crippen LogP contribution in [0.3, 0.4) is 0 Å². The lowest BCUT2D eigenvalue weighted by Crippen LogP contribution is -2.38. The van der Waals surface area contributed by atoms with Gasteiger partial charge < -0.3 is 15.0 Å². The summed E-state index contributed by atoms with van der Waals surface area (Å²) in [5.41, 5.74) is 0.456. The molecule has 0 atom stereocenters. The average molecular weight is 379 g/mol. The molecule has 7 heteroatoms. The van der Waals surface area contributed by atoms with Gasteiger partial charge in [0.05, 0.1) is 12.3 Å². The van der Waals surface area contributed by atoms with Crippen LogP contribution in [0.4, 0.5) is 5.69 Å². The minimum Gasteiger partial charge on any atom is -0.494 e. The minimum absolute atomic E-state index is 0.153. The number of H-pyrrole nitrogens is 1. The molecule has 0 saturated carbocycles. The fourth-order valence-electron chi connectivity index (χ4n) is 2.87. The Morgan fingerprint density at radius 3 is 2.46 bits per heavy atom. The van der Waals surface area contributed by atoms with Crippen molar-refractivity contribution in [1.29, 1.82) is 0 Å². The van der Waals surface area contributed by atoms with Crippen LogP contribution in [0.25, 0.3) is 5.69 Å². The number of benzene rings is 2. The van der Waals surface area contributed by atoms with Crippen LogP contribution in [0.2, 0.25) is 0 Å². The number of ether oxygens (including phenoxy) is 1. The van der Waals surface area contributed by atoms with Gasteiger partial charge in [0, 0.05) is 11.9 Å². The van der Waals surface area contributed by atoms with Crippen molar-refractivity contribution in [2.45, 2.75) is 20.3 Å². The maximum absolute atomic E-state index is 12.8. The van der Waals surface area contributed by atoms with Crippen molar-refractivity contribution >= 4 is 11.6 Å². The van der Waals surface area contributed by atoms with Crippen LogP contribution in [0.1, 0.15) is 29.8 Å². The molecule has 0 aliphatic heterocycles. The number of carbonyl (C=O) groups is 1. The van der Waals surface area contributed by atoms with Crippen LogP contribution >= 0.6 is 0 Å². The monoisotopic (exact) mass is 379 g/mol. The molecule has 3 rings (SSSR count). The number of rotatable bonds is 6. The van der Waals surface area contributed by atoms with Gasteiger partial charge in [0.15, 0.2) is 0 Å². The summed E-state index contributed by atoms with van der Waals surface area (Å²) >= 11 is 0. The number of para-hydroxylation sites is 1. The van der Waals surface area contributed by atoms with Crippen molar-refractivity contribution in [3.05, 3.63) is 86.7 Å². The minimum atomic E-state index is -0.695. The smallest absolute Gasteiger partial charge is 0.333 e. The maximum Gasteiger partial charge on any atom is 0.333 e. The summed E-state index contributed by atoms with van der Waals surface area (Å²) in [4.78, 5) is 40.2. The van der Waals surface area contributed by atoms with Gasteiger partial charge in [-0.05, 0) is 49.2 Å². The van der Waals surface area contributed by atoms with E-state index < -0.39 is 17.2 Å². The number of aromatic amines is 1. The Morgan fingerprint density at radius 1 is 1.07 bits per heavy atom. The predicted octanol–water partition coefficient (Wildman–Crippen LogP) is 2.74. The van der Waals surface area contributed by atoms with E-state index in [9.17, 15) is 14.4 Å². The Kier molecular flexibility index (Phi) is 5.74. The number of carbonyl (C=O) groups excluding carboxylic acids is 1. The Balaban J connectivity index is 1.97. The van der Waals surface area contributed by atoms with E-state index in [4.69, 9.17) is 4.74 Å². The molecule has 0 unspecified atom stereocenters. The number of aromatic nitrogens is 2. The van der Waals surface area contributed by atoms with E-state index in [1.54, 1.807) is 36.4 Å². The van der Waals surface area contributed by atoms with Crippen LogP contribution in [-0.2, 0) is 6.42 Å². The summed E-state index contributed by atoms with van der Waals surface area (Å²) in [7, 11) is 0. The highest BCUT2D eigenvalue weighted by atomic mass is 16.5. The first-order valence-corrected chi connectivity index (χ1v) is 9.02. The molecule has 0 aliphatic rings. The number of nitrogens with one attached hydrogen (secondary N) is 2. The first kappa shape index (κ1) is 19.2. The number of hydrogen-bond donors (Lipinski definition) is 2. The van der Waals surface area contributed by atoms with Crippen molar-refractivity contribution in [1.82, 2.24) is 9.55 Å². The Morgan fingerprint density at radius 2 is 1.79 bits per heavy atom. The van der Waals surface area contributed by atoms with Crippen LogP contribution in [0, 0.1) is 0 Å². The third-order valence-electron chi connectivity index (χ3n) is 4.27. The molecule has 7 nitrogen and oxygen atoms in total. The second-order valence-corrected chi connectivity index (χ2v) is 6.04. The van der Waals surface area contributed by atoms with Crippen LogP contribution in [-0.4, -0.2) is 22.1 Å². The first-order valence-electron chi connectivity index (χ1n) is 9.02. The van der Waals surface area contributed by atoms with Crippen molar-refractivity contribution in [2.24, 2.45) is 0 Å². The zero-order chi connectivity index (χ0) is 20.1. The van der Waals surface area contributed by atoms with Gasteiger partial charge in [-0.25, -0.2) is 9.36 Å². The molecule has 1 aromatic heterocycles. The lowest BCUT2D eigenvalue weighted by Gasteiger charge is -2.11. The normalized spacial score (nSPS) is 10.5. The number of aryl methyl sites for hydroxylation is 1. The number of amides is 1. The fraction of sp³-hybridized carbons (Fsp3) is 0.190. The second kappa shape index (κ2) is 8.39. The molecule has 0 bridgehead atoms. The lowest BCUT2D eigenvalue weighted by atomic mass is 10.1. The summed E-state index contributed by atoms with van der Waals surface area (Å²) in [6, 6.07) is 13.9. The summed E-state index contributed by atoms with van der Waals surface area (Å²) in [6.07, 6.45) is 1.87. The Labute approximate surface area is 161 Å². The molecule has 1 heterocycles. The highest BCUT2D eigenvalue weighted by Crippen LogP contribution is 2.16. The third kappa shape index (κ3) is 3.88. The molecular formula is C21H21N3O4. The molecule has 0 saturated heterocycles. The largest absolute Gasteiger partial charge is 0.494 e. The second-order valence-electron chi connectivity index (χ2n) is 6.04. The fourth-order valence-corrected chi connectivity index (χ4v) is 2.87. The van der Waals surface area contributed by atoms with Crippen molar-refractivity contribution < 1.29 is 9.53 Å². The van der Waals surface area contributed by atoms with Crippen LogP contribution in [0.5, 0.6) is 5.75 Å². The zero-order valence-electron chi connectivity index (χ0n) is 15.7. The van der Waals surface area contributed by atoms with Crippen molar-refractivity contribution in [3.63, 3.8) is 0 Å². The summed E-state index contributed by atoms with van der Waals surface area (Å²) in [5, 5.41) is 2.75. The number of anilines is 1. The molecule has 0 aliphatic carbocycles. The van der Waals surface area contributed by atoms with E-state index in [0.29, 0.717) is 23.7 Å². The van der Waals surface area contributed by atoms with Gasteiger partial charge in [0.25, 0.3) is 11.5 Å². The van der Waals surface area contributed by atoms with E-state index >= 15 is 0 Å². The molecule has 0 spiro atoms. The van der Waals surface area contributed by atoms with Crippen LogP contribution in [0.15, 0.2) is 64.3 Å². The molecule has 144 valence electrons. The molecule has 3 aromatic rings. The molecule has 2 N–H and O–H groups in total. The number of hydrogen-bond acceptors (Lipinski definition) is 4. The standard InChI is InChI=1S/C21H21N3O4/c1-3-14-7-5-6-8-18(14)23-19(25)17-13-22-21(27)24(20(17)26)15-9-11-16(12-10-15)28-4-2/h5-13H,3-4H2,1-2H3,(H,22,27)(H,23,25). The van der Waals surface area contributed by atoms with Gasteiger partial charge in [0.2, 0.25) is 0 Å². The van der Waals surface area contributed by atoms with Gasteiger partial charge in [-0.2, -0.15) is 0 Å². The van der Waals surface area contributed by atoms with E-state index in [0.717, 1.165) is 22.7 Å². The van der Waals surface area contributed by atoms with Gasteiger partial charge in [-0.1, -0.05) is 25.1 Å². The Bertz CT molecular complexity index is 1100. The highest BCUT2D eigenvalue weighted by Gasteiger charge is 2.17. The van der Waals surface area contributed by atoms with Crippen molar-refractivity contribution in [3.8, 4) is 11.4 Å².